The summed E-state index contributed by atoms with van der Waals surface area (Å²) in [5.74, 6) is 1.13. The predicted molar refractivity (Wildman–Crippen MR) is 108 cm³/mol. The van der Waals surface area contributed by atoms with Crippen molar-refractivity contribution in [3.63, 3.8) is 0 Å². The van der Waals surface area contributed by atoms with Crippen LogP contribution in [0.3, 0.4) is 0 Å². The summed E-state index contributed by atoms with van der Waals surface area (Å²) in [6.07, 6.45) is 5.53. The molecule has 1 aliphatic carbocycles. The lowest BCUT2D eigenvalue weighted by Crippen LogP contribution is -2.37. The highest BCUT2D eigenvalue weighted by molar-refractivity contribution is 8.01. The van der Waals surface area contributed by atoms with E-state index >= 15 is 0 Å². The quantitative estimate of drug-likeness (QED) is 0.673. The average molecular weight is 409 g/mol. The van der Waals surface area contributed by atoms with Crippen LogP contribution in [0.15, 0.2) is 21.5 Å². The number of rotatable bonds is 6. The Morgan fingerprint density at radius 2 is 2.19 bits per heavy atom. The van der Waals surface area contributed by atoms with Crippen molar-refractivity contribution in [3.05, 3.63) is 28.5 Å². The minimum atomic E-state index is 0.408. The topological polar surface area (TPSA) is 51.1 Å². The largest absolute Gasteiger partial charge is 0.379 e. The van der Waals surface area contributed by atoms with Crippen molar-refractivity contribution in [1.82, 2.24) is 20.1 Å². The van der Waals surface area contributed by atoms with Crippen LogP contribution in [0.1, 0.15) is 34.4 Å². The molecule has 0 amide bonds. The van der Waals surface area contributed by atoms with Crippen LogP contribution >= 0.6 is 34.9 Å². The van der Waals surface area contributed by atoms with Gasteiger partial charge in [0.1, 0.15) is 5.01 Å². The summed E-state index contributed by atoms with van der Waals surface area (Å²) in [7, 11) is 0. The molecule has 26 heavy (non-hydrogen) atoms. The minimum absolute atomic E-state index is 0.408. The molecule has 0 saturated carbocycles. The first-order chi connectivity index (χ1) is 12.8. The van der Waals surface area contributed by atoms with Gasteiger partial charge >= 0.3 is 0 Å². The van der Waals surface area contributed by atoms with Crippen molar-refractivity contribution in [3.8, 4) is 0 Å². The number of aromatic nitrogens is 3. The molecule has 1 fully saturated rings. The van der Waals surface area contributed by atoms with E-state index in [1.165, 1.54) is 29.0 Å². The molecular formula is C18H24N4OS3. The van der Waals surface area contributed by atoms with E-state index in [0.29, 0.717) is 5.25 Å². The second-order valence-corrected chi connectivity index (χ2v) is 10.3. The third-order valence-corrected chi connectivity index (χ3v) is 8.04. The molecule has 0 N–H and O–H groups in total. The molecule has 0 bridgehead atoms. The van der Waals surface area contributed by atoms with Crippen molar-refractivity contribution < 1.29 is 4.74 Å². The maximum Gasteiger partial charge on any atom is 0.174 e. The highest BCUT2D eigenvalue weighted by Crippen LogP contribution is 2.45. The smallest absolute Gasteiger partial charge is 0.174 e. The van der Waals surface area contributed by atoms with Crippen LogP contribution in [-0.4, -0.2) is 58.7 Å². The second kappa shape index (κ2) is 9.01. The van der Waals surface area contributed by atoms with Gasteiger partial charge < -0.3 is 4.74 Å². The number of fused-ring (bicyclic) bond motifs is 1. The third kappa shape index (κ3) is 4.59. The highest BCUT2D eigenvalue weighted by atomic mass is 32.2. The maximum absolute atomic E-state index is 5.43. The Balaban J connectivity index is 1.41. The van der Waals surface area contributed by atoms with E-state index in [1.807, 2.05) is 36.6 Å². The standard InChI is InChI=1S/C18H24N4OS3/c1-13-20-21-18(25-13)26-16-4-2-3-14-15(5-6-19-17(14)16)24-12-9-22-7-10-23-11-8-22/h5-6,16H,2-4,7-12H2,1H3. The van der Waals surface area contributed by atoms with E-state index in [9.17, 15) is 0 Å². The lowest BCUT2D eigenvalue weighted by atomic mass is 9.96. The van der Waals surface area contributed by atoms with Crippen LogP contribution in [0.5, 0.6) is 0 Å². The molecule has 2 aliphatic rings. The first-order valence-corrected chi connectivity index (χ1v) is 11.9. The van der Waals surface area contributed by atoms with E-state index in [0.717, 1.165) is 54.4 Å². The molecular weight excluding hydrogens is 384 g/mol. The maximum atomic E-state index is 5.43. The van der Waals surface area contributed by atoms with Crippen molar-refractivity contribution in [2.75, 3.05) is 38.6 Å². The molecule has 140 valence electrons. The third-order valence-electron chi connectivity index (χ3n) is 4.76. The lowest BCUT2D eigenvalue weighted by molar-refractivity contribution is 0.0410. The summed E-state index contributed by atoms with van der Waals surface area (Å²) in [5, 5.41) is 9.88. The monoisotopic (exact) mass is 408 g/mol. The summed E-state index contributed by atoms with van der Waals surface area (Å²) >= 11 is 5.50. The van der Waals surface area contributed by atoms with Gasteiger partial charge in [0.05, 0.1) is 24.2 Å². The Morgan fingerprint density at radius 1 is 1.31 bits per heavy atom. The van der Waals surface area contributed by atoms with Gasteiger partial charge in [0.25, 0.3) is 0 Å². The van der Waals surface area contributed by atoms with Crippen molar-refractivity contribution in [2.24, 2.45) is 0 Å². The normalized spacial score (nSPS) is 20.9. The van der Waals surface area contributed by atoms with Crippen molar-refractivity contribution in [1.29, 1.82) is 0 Å². The van der Waals surface area contributed by atoms with Gasteiger partial charge in [-0.25, -0.2) is 0 Å². The van der Waals surface area contributed by atoms with Crippen LogP contribution in [0.4, 0.5) is 0 Å². The summed E-state index contributed by atoms with van der Waals surface area (Å²) < 4.78 is 6.50. The second-order valence-electron chi connectivity index (χ2n) is 6.56. The van der Waals surface area contributed by atoms with Gasteiger partial charge in [-0.3, -0.25) is 9.88 Å². The summed E-state index contributed by atoms with van der Waals surface area (Å²) in [4.78, 5) is 8.68. The zero-order chi connectivity index (χ0) is 17.8. The lowest BCUT2D eigenvalue weighted by Gasteiger charge is -2.27. The van der Waals surface area contributed by atoms with E-state index < -0.39 is 0 Å². The predicted octanol–water partition coefficient (Wildman–Crippen LogP) is 3.84. The first kappa shape index (κ1) is 18.7. The molecule has 1 saturated heterocycles. The van der Waals surface area contributed by atoms with Gasteiger partial charge in [0.2, 0.25) is 0 Å². The fourth-order valence-electron chi connectivity index (χ4n) is 3.43. The Kier molecular flexibility index (Phi) is 6.48. The van der Waals surface area contributed by atoms with Crippen LogP contribution in [-0.2, 0) is 11.2 Å². The molecule has 2 aromatic rings. The van der Waals surface area contributed by atoms with Gasteiger partial charge in [0, 0.05) is 36.5 Å². The summed E-state index contributed by atoms with van der Waals surface area (Å²) in [5.41, 5.74) is 2.73. The van der Waals surface area contributed by atoms with Crippen LogP contribution in [0.2, 0.25) is 0 Å². The summed E-state index contributed by atoms with van der Waals surface area (Å²) in [6, 6.07) is 2.20. The Hall–Kier alpha value is -0.670. The number of morpholine rings is 1. The van der Waals surface area contributed by atoms with Gasteiger partial charge in [-0.05, 0) is 37.8 Å². The van der Waals surface area contributed by atoms with Gasteiger partial charge in [-0.2, -0.15) is 0 Å². The first-order valence-electron chi connectivity index (χ1n) is 9.17. The molecule has 4 rings (SSSR count). The summed E-state index contributed by atoms with van der Waals surface area (Å²) in [6.45, 7) is 7.02. The number of thioether (sulfide) groups is 2. The minimum Gasteiger partial charge on any atom is -0.379 e. The average Bonchev–Trinajstić information content (AvgIpc) is 3.08. The molecule has 0 aromatic carbocycles. The number of aryl methyl sites for hydroxylation is 1. The molecule has 0 spiro atoms. The fraction of sp³-hybridized carbons (Fsp3) is 0.611. The zero-order valence-electron chi connectivity index (χ0n) is 15.0. The van der Waals surface area contributed by atoms with Gasteiger partial charge in [-0.15, -0.1) is 22.0 Å². The zero-order valence-corrected chi connectivity index (χ0v) is 17.5. The molecule has 1 aliphatic heterocycles. The highest BCUT2D eigenvalue weighted by Gasteiger charge is 2.26. The Bertz CT molecular complexity index is 733. The molecule has 3 heterocycles. The SMILES string of the molecule is Cc1nnc(SC2CCCc3c(SCCN4CCOCC4)ccnc32)s1. The number of hydrogen-bond acceptors (Lipinski definition) is 8. The Labute approximate surface area is 167 Å². The molecule has 8 heteroatoms. The van der Waals surface area contributed by atoms with Crippen molar-refractivity contribution in [2.45, 2.75) is 40.7 Å². The van der Waals surface area contributed by atoms with Gasteiger partial charge in [-0.1, -0.05) is 23.1 Å². The van der Waals surface area contributed by atoms with Crippen LogP contribution < -0.4 is 0 Å². The number of nitrogens with zero attached hydrogens (tertiary/aromatic N) is 4. The molecule has 1 unspecified atom stereocenters. The van der Waals surface area contributed by atoms with Crippen LogP contribution in [0.25, 0.3) is 0 Å². The number of hydrogen-bond donors (Lipinski definition) is 0. The molecule has 0 radical (unpaired) electrons. The van der Waals surface area contributed by atoms with Crippen LogP contribution in [0, 0.1) is 6.92 Å². The number of ether oxygens (including phenoxy) is 1. The molecule has 2 aromatic heterocycles. The van der Waals surface area contributed by atoms with E-state index in [2.05, 4.69) is 21.2 Å². The molecule has 5 nitrogen and oxygen atoms in total. The Morgan fingerprint density at radius 3 is 3.00 bits per heavy atom. The van der Waals surface area contributed by atoms with E-state index in [-0.39, 0.29) is 0 Å². The van der Waals surface area contributed by atoms with Gasteiger partial charge in [0.15, 0.2) is 4.34 Å². The number of pyridine rings is 1. The van der Waals surface area contributed by atoms with Crippen molar-refractivity contribution >= 4 is 34.9 Å². The van der Waals surface area contributed by atoms with E-state index in [4.69, 9.17) is 9.72 Å². The molecule has 1 atom stereocenters. The van der Waals surface area contributed by atoms with E-state index in [1.54, 1.807) is 11.3 Å². The fourth-order valence-corrected chi connectivity index (χ4v) is 6.78.